The van der Waals surface area contributed by atoms with Gasteiger partial charge in [0.25, 0.3) is 5.91 Å². The molecule has 1 amide bonds. The minimum atomic E-state index is -3.74. The lowest BCUT2D eigenvalue weighted by molar-refractivity contribution is -0.119. The fraction of sp³-hybridized carbons (Fsp3) is 0.500. The molecule has 7 nitrogen and oxygen atoms in total. The summed E-state index contributed by atoms with van der Waals surface area (Å²) < 4.78 is 30.4. The Kier molecular flexibility index (Phi) is 6.84. The number of halogens is 1. The van der Waals surface area contributed by atoms with Crippen LogP contribution in [0.4, 0.5) is 5.69 Å². The van der Waals surface area contributed by atoms with Gasteiger partial charge in [-0.25, -0.2) is 13.8 Å². The highest BCUT2D eigenvalue weighted by molar-refractivity contribution is 7.92. The number of sulfonamides is 1. The molecule has 0 fully saturated rings. The fourth-order valence-electron chi connectivity index (χ4n) is 1.72. The summed E-state index contributed by atoms with van der Waals surface area (Å²) in [5.41, 5.74) is 3.07. The maximum absolute atomic E-state index is 12.2. The van der Waals surface area contributed by atoms with Crippen LogP contribution in [0, 0.1) is 5.41 Å². The summed E-state index contributed by atoms with van der Waals surface area (Å²) in [6.45, 7) is 7.21. The third-order valence-corrected chi connectivity index (χ3v) is 4.89. The molecule has 1 N–H and O–H groups in total. The molecule has 1 rings (SSSR count). The lowest BCUT2D eigenvalue weighted by Gasteiger charge is -2.24. The van der Waals surface area contributed by atoms with Gasteiger partial charge in [0.15, 0.2) is 0 Å². The number of hydrazone groups is 1. The van der Waals surface area contributed by atoms with Crippen molar-refractivity contribution in [2.75, 3.05) is 24.2 Å². The highest BCUT2D eigenvalue weighted by atomic mass is 35.5. The Labute approximate surface area is 154 Å². The minimum Gasteiger partial charge on any atom is -0.495 e. The predicted molar refractivity (Wildman–Crippen MR) is 101 cm³/mol. The first-order valence-corrected chi connectivity index (χ1v) is 9.73. The minimum absolute atomic E-state index is 0.184. The molecule has 1 aromatic carbocycles. The summed E-state index contributed by atoms with van der Waals surface area (Å²) in [6, 6.07) is 4.54. The number of hydrogen-bond acceptors (Lipinski definition) is 5. The van der Waals surface area contributed by atoms with Crippen LogP contribution in [0.1, 0.15) is 27.7 Å². The molecule has 0 spiro atoms. The normalized spacial score (nSPS) is 12.7. The first-order chi connectivity index (χ1) is 11.4. The van der Waals surface area contributed by atoms with Crippen molar-refractivity contribution in [1.82, 2.24) is 5.43 Å². The van der Waals surface area contributed by atoms with E-state index in [1.54, 1.807) is 13.0 Å². The Hall–Kier alpha value is -1.80. The van der Waals surface area contributed by atoms with Gasteiger partial charge in [-0.1, -0.05) is 32.4 Å². The van der Waals surface area contributed by atoms with Crippen LogP contribution in [0.3, 0.4) is 0 Å². The van der Waals surface area contributed by atoms with Gasteiger partial charge in [0, 0.05) is 16.1 Å². The van der Waals surface area contributed by atoms with Crippen molar-refractivity contribution in [3.63, 3.8) is 0 Å². The molecule has 0 atom stereocenters. The summed E-state index contributed by atoms with van der Waals surface area (Å²) in [5, 5.41) is 4.35. The van der Waals surface area contributed by atoms with Gasteiger partial charge in [-0.15, -0.1) is 0 Å². The van der Waals surface area contributed by atoms with Crippen molar-refractivity contribution < 1.29 is 17.9 Å². The second-order valence-electron chi connectivity index (χ2n) is 6.57. The molecule has 140 valence electrons. The largest absolute Gasteiger partial charge is 0.495 e. The molecule has 0 bridgehead atoms. The highest BCUT2D eigenvalue weighted by Gasteiger charge is 2.24. The molecule has 1 aromatic rings. The maximum Gasteiger partial charge on any atom is 0.260 e. The van der Waals surface area contributed by atoms with Gasteiger partial charge in [0.05, 0.1) is 19.1 Å². The number of nitrogens with zero attached hydrogens (tertiary/aromatic N) is 2. The van der Waals surface area contributed by atoms with Crippen LogP contribution < -0.4 is 14.5 Å². The monoisotopic (exact) mass is 389 g/mol. The molecule has 0 saturated heterocycles. The van der Waals surface area contributed by atoms with E-state index < -0.39 is 22.5 Å². The van der Waals surface area contributed by atoms with Gasteiger partial charge in [-0.05, 0) is 25.1 Å². The van der Waals surface area contributed by atoms with Gasteiger partial charge in [-0.2, -0.15) is 5.10 Å². The van der Waals surface area contributed by atoms with Crippen molar-refractivity contribution >= 4 is 38.9 Å². The fourth-order valence-corrected chi connectivity index (χ4v) is 2.74. The molecule has 0 radical (unpaired) electrons. The average molecular weight is 390 g/mol. The molecule has 0 unspecified atom stereocenters. The zero-order valence-corrected chi connectivity index (χ0v) is 16.8. The molecule has 9 heteroatoms. The topological polar surface area (TPSA) is 88.1 Å². The van der Waals surface area contributed by atoms with E-state index in [4.69, 9.17) is 16.3 Å². The molecular formula is C16H24ClN3O4S. The second-order valence-corrected chi connectivity index (χ2v) is 8.91. The van der Waals surface area contributed by atoms with E-state index in [2.05, 4.69) is 10.5 Å². The van der Waals surface area contributed by atoms with Crippen LogP contribution in [0.15, 0.2) is 23.3 Å². The van der Waals surface area contributed by atoms with Crippen molar-refractivity contribution in [1.29, 1.82) is 0 Å². The summed E-state index contributed by atoms with van der Waals surface area (Å²) >= 11 is 5.96. The number of rotatable bonds is 6. The number of methoxy groups -OCH3 is 1. The van der Waals surface area contributed by atoms with E-state index in [1.165, 1.54) is 19.2 Å². The zero-order chi connectivity index (χ0) is 19.4. The van der Waals surface area contributed by atoms with Crippen molar-refractivity contribution in [3.8, 4) is 5.75 Å². The number of benzene rings is 1. The molecule has 0 heterocycles. The van der Waals surface area contributed by atoms with Gasteiger partial charge >= 0.3 is 0 Å². The molecule has 0 aliphatic heterocycles. The lowest BCUT2D eigenvalue weighted by Crippen LogP contribution is -2.39. The van der Waals surface area contributed by atoms with Gasteiger partial charge in [-0.3, -0.25) is 9.10 Å². The zero-order valence-electron chi connectivity index (χ0n) is 15.3. The highest BCUT2D eigenvalue weighted by Crippen LogP contribution is 2.32. The van der Waals surface area contributed by atoms with E-state index in [0.717, 1.165) is 10.6 Å². The van der Waals surface area contributed by atoms with Crippen molar-refractivity contribution in [2.24, 2.45) is 10.5 Å². The third-order valence-electron chi connectivity index (χ3n) is 3.53. The number of anilines is 1. The Balaban J connectivity index is 3.12. The summed E-state index contributed by atoms with van der Waals surface area (Å²) in [5.74, 6) is -0.284. The van der Waals surface area contributed by atoms with Crippen LogP contribution in [-0.2, 0) is 14.8 Å². The number of carbonyl (C=O) groups is 1. The Morgan fingerprint density at radius 3 is 2.44 bits per heavy atom. The molecule has 25 heavy (non-hydrogen) atoms. The Morgan fingerprint density at radius 1 is 1.36 bits per heavy atom. The summed E-state index contributed by atoms with van der Waals surface area (Å²) in [7, 11) is -2.34. The second kappa shape index (κ2) is 8.05. The van der Waals surface area contributed by atoms with E-state index in [-0.39, 0.29) is 16.9 Å². The SMILES string of the molecule is COc1ccc(Cl)cc1N(CC(=O)N/N=C(/C)C(C)(C)C)S(C)(=O)=O. The number of amides is 1. The standard InChI is InChI=1S/C16H24ClN3O4S/c1-11(16(2,3)4)18-19-15(21)10-20(25(6,22)23)13-9-12(17)7-8-14(13)24-5/h7-9H,10H2,1-6H3,(H,19,21)/b18-11-. The smallest absolute Gasteiger partial charge is 0.260 e. The van der Waals surface area contributed by atoms with Crippen LogP contribution in [0.25, 0.3) is 0 Å². The number of carbonyl (C=O) groups excluding carboxylic acids is 1. The summed E-state index contributed by atoms with van der Waals surface area (Å²) in [6.07, 6.45) is 1.00. The van der Waals surface area contributed by atoms with E-state index in [0.29, 0.717) is 10.7 Å². The number of ether oxygens (including phenoxy) is 1. The van der Waals surface area contributed by atoms with Crippen LogP contribution in [-0.4, -0.2) is 39.9 Å². The van der Waals surface area contributed by atoms with Crippen LogP contribution in [0.5, 0.6) is 5.75 Å². The Bertz CT molecular complexity index is 770. The van der Waals surface area contributed by atoms with Crippen LogP contribution >= 0.6 is 11.6 Å². The van der Waals surface area contributed by atoms with Gasteiger partial charge in [0.1, 0.15) is 12.3 Å². The quantitative estimate of drug-likeness (QED) is 0.598. The first-order valence-electron chi connectivity index (χ1n) is 7.51. The maximum atomic E-state index is 12.2. The number of hydrogen-bond donors (Lipinski definition) is 1. The van der Waals surface area contributed by atoms with Crippen molar-refractivity contribution in [3.05, 3.63) is 23.2 Å². The van der Waals surface area contributed by atoms with E-state index in [1.807, 2.05) is 20.8 Å². The molecule has 0 aliphatic rings. The van der Waals surface area contributed by atoms with Crippen molar-refractivity contribution in [2.45, 2.75) is 27.7 Å². The van der Waals surface area contributed by atoms with E-state index >= 15 is 0 Å². The van der Waals surface area contributed by atoms with Gasteiger partial charge < -0.3 is 4.74 Å². The van der Waals surface area contributed by atoms with Crippen LogP contribution in [0.2, 0.25) is 5.02 Å². The first kappa shape index (κ1) is 21.2. The molecule has 0 aromatic heterocycles. The molecule has 0 aliphatic carbocycles. The summed E-state index contributed by atoms with van der Waals surface area (Å²) in [4.78, 5) is 12.2. The molecular weight excluding hydrogens is 366 g/mol. The lowest BCUT2D eigenvalue weighted by atomic mass is 9.91. The predicted octanol–water partition coefficient (Wildman–Crippen LogP) is 2.65. The van der Waals surface area contributed by atoms with E-state index in [9.17, 15) is 13.2 Å². The van der Waals surface area contributed by atoms with Gasteiger partial charge in [0.2, 0.25) is 10.0 Å². The molecule has 0 saturated carbocycles. The number of nitrogens with one attached hydrogen (secondary N) is 1. The third kappa shape index (κ3) is 6.21. The Morgan fingerprint density at radius 2 is 1.96 bits per heavy atom. The average Bonchev–Trinajstić information content (AvgIpc) is 2.48.